The maximum absolute atomic E-state index is 11.4. The average Bonchev–Trinajstić information content (AvgIpc) is 2.76. The maximum Gasteiger partial charge on any atom is 1.00 e. The molecule has 171 valence electrons. The number of hydrogen-bond acceptors (Lipinski definition) is 2. The minimum atomic E-state index is -0.648. The number of benzene rings is 1. The molecule has 1 unspecified atom stereocenters. The fraction of sp³-hybridized carbons (Fsp3) is 0.538. The van der Waals surface area contributed by atoms with Crippen molar-refractivity contribution in [3.05, 3.63) is 66.5 Å². The summed E-state index contributed by atoms with van der Waals surface area (Å²) in [7, 11) is 0. The van der Waals surface area contributed by atoms with Crippen LogP contribution in [0.1, 0.15) is 84.5 Å². The second-order valence-electron chi connectivity index (χ2n) is 7.72. The summed E-state index contributed by atoms with van der Waals surface area (Å²) >= 11 is 0. The Balaban J connectivity index is -0.000000808. The molecule has 0 bridgehead atoms. The van der Waals surface area contributed by atoms with E-state index in [-0.39, 0.29) is 53.7 Å². The van der Waals surface area contributed by atoms with Crippen molar-refractivity contribution in [1.29, 1.82) is 0 Å². The van der Waals surface area contributed by atoms with E-state index in [1.165, 1.54) is 57.8 Å². The summed E-state index contributed by atoms with van der Waals surface area (Å²) in [5, 5.41) is 9.38. The first-order valence-corrected chi connectivity index (χ1v) is 11.4. The Hall–Kier alpha value is -0.654. The van der Waals surface area contributed by atoms with Crippen LogP contribution in [0, 0.1) is 5.92 Å². The standard InChI is InChI=1S/C21H34O2.C5H5N.Co.Na.H/c1-2-3-4-5-6-7-8-9-10-14-17-20(21(22)23)18-19-15-12-11-13-16-19;1-2-4-6-5-3-1;;;/h11-13,15-16,20H,2-10,14,17-18H2,1H3,(H,22,23);1-5H;;;/q;;;+1;-1. The molecule has 2 rings (SSSR count). The van der Waals surface area contributed by atoms with Crippen LogP contribution in [0.4, 0.5) is 0 Å². The van der Waals surface area contributed by atoms with Gasteiger partial charge in [0.1, 0.15) is 0 Å². The van der Waals surface area contributed by atoms with Crippen molar-refractivity contribution in [2.75, 3.05) is 0 Å². The number of carboxylic acids is 1. The van der Waals surface area contributed by atoms with E-state index in [0.717, 1.165) is 18.4 Å². The quantitative estimate of drug-likeness (QED) is 0.321. The number of aliphatic carboxylic acids is 1. The minimum Gasteiger partial charge on any atom is -1.00 e. The first-order valence-electron chi connectivity index (χ1n) is 11.4. The van der Waals surface area contributed by atoms with Gasteiger partial charge >= 0.3 is 35.5 Å². The van der Waals surface area contributed by atoms with Crippen LogP contribution < -0.4 is 29.6 Å². The summed E-state index contributed by atoms with van der Waals surface area (Å²) in [5.74, 6) is -0.878. The zero-order valence-electron chi connectivity index (χ0n) is 20.5. The second kappa shape index (κ2) is 24.0. The number of pyridine rings is 1. The molecule has 1 heterocycles. The molecule has 0 saturated carbocycles. The Kier molecular flexibility index (Phi) is 25.2. The molecule has 0 spiro atoms. The second-order valence-corrected chi connectivity index (χ2v) is 7.72. The van der Waals surface area contributed by atoms with E-state index in [2.05, 4.69) is 11.9 Å². The molecule has 1 radical (unpaired) electrons. The third-order valence-electron chi connectivity index (χ3n) is 5.15. The number of carboxylic acid groups (broad SMARTS) is 1. The van der Waals surface area contributed by atoms with Gasteiger partial charge in [-0.3, -0.25) is 9.78 Å². The Morgan fingerprint density at radius 1 is 0.839 bits per heavy atom. The van der Waals surface area contributed by atoms with Crippen LogP contribution in [-0.2, 0) is 28.0 Å². The van der Waals surface area contributed by atoms with E-state index in [0.29, 0.717) is 6.42 Å². The molecule has 1 aromatic carbocycles. The first kappa shape index (κ1) is 32.5. The number of rotatable bonds is 14. The SMILES string of the molecule is CCCCCCCCCCCCC(Cc1ccccc1)C(=O)O.[Co].[H-].[Na+].c1ccncc1. The summed E-state index contributed by atoms with van der Waals surface area (Å²) in [6.07, 6.45) is 17.9. The van der Waals surface area contributed by atoms with Crippen molar-refractivity contribution in [1.82, 2.24) is 4.98 Å². The largest absolute Gasteiger partial charge is 1.00 e. The molecular weight excluding hydrogens is 440 g/mol. The molecule has 1 atom stereocenters. The average molecular weight is 481 g/mol. The molecule has 0 saturated heterocycles. The molecule has 0 aliphatic carbocycles. The molecule has 1 N–H and O–H groups in total. The molecule has 1 aromatic heterocycles. The van der Waals surface area contributed by atoms with E-state index in [1.807, 2.05) is 48.5 Å². The van der Waals surface area contributed by atoms with E-state index in [9.17, 15) is 9.90 Å². The summed E-state index contributed by atoms with van der Waals surface area (Å²) in [6.45, 7) is 2.25. The molecule has 0 aliphatic heterocycles. The van der Waals surface area contributed by atoms with E-state index in [1.54, 1.807) is 12.4 Å². The van der Waals surface area contributed by atoms with Gasteiger partial charge in [0.25, 0.3) is 0 Å². The molecular formula is C26H40CoNNaO2. The van der Waals surface area contributed by atoms with Gasteiger partial charge in [-0.1, -0.05) is 108 Å². The molecule has 0 aliphatic rings. The van der Waals surface area contributed by atoms with Crippen molar-refractivity contribution in [3.8, 4) is 0 Å². The first-order chi connectivity index (χ1) is 14.2. The number of carbonyl (C=O) groups is 1. The zero-order chi connectivity index (χ0) is 21.0. The fourth-order valence-corrected chi connectivity index (χ4v) is 3.40. The van der Waals surface area contributed by atoms with Gasteiger partial charge in [-0.05, 0) is 30.5 Å². The number of nitrogens with zero attached hydrogens (tertiary/aromatic N) is 1. The fourth-order valence-electron chi connectivity index (χ4n) is 3.40. The van der Waals surface area contributed by atoms with Gasteiger partial charge in [-0.15, -0.1) is 0 Å². The number of aromatic nitrogens is 1. The summed E-state index contributed by atoms with van der Waals surface area (Å²) < 4.78 is 0. The van der Waals surface area contributed by atoms with Gasteiger partial charge in [0.15, 0.2) is 0 Å². The van der Waals surface area contributed by atoms with Crippen molar-refractivity contribution in [3.63, 3.8) is 0 Å². The molecule has 31 heavy (non-hydrogen) atoms. The van der Waals surface area contributed by atoms with Crippen molar-refractivity contribution < 1.29 is 57.7 Å². The summed E-state index contributed by atoms with van der Waals surface area (Å²) in [5.41, 5.74) is 1.13. The Morgan fingerprint density at radius 3 is 1.74 bits per heavy atom. The van der Waals surface area contributed by atoms with Gasteiger partial charge in [-0.2, -0.15) is 0 Å². The molecule has 2 aromatic rings. The van der Waals surface area contributed by atoms with Crippen LogP contribution in [0.25, 0.3) is 0 Å². The van der Waals surface area contributed by atoms with Crippen LogP contribution in [0.2, 0.25) is 0 Å². The molecule has 3 nitrogen and oxygen atoms in total. The van der Waals surface area contributed by atoms with Gasteiger partial charge in [0.2, 0.25) is 0 Å². The Labute approximate surface area is 223 Å². The Bertz CT molecular complexity index is 593. The maximum atomic E-state index is 11.4. The van der Waals surface area contributed by atoms with E-state index in [4.69, 9.17) is 0 Å². The van der Waals surface area contributed by atoms with Gasteiger partial charge in [-0.25, -0.2) is 0 Å². The molecule has 0 amide bonds. The van der Waals surface area contributed by atoms with E-state index >= 15 is 0 Å². The number of unbranched alkanes of at least 4 members (excludes halogenated alkanes) is 9. The van der Waals surface area contributed by atoms with Crippen molar-refractivity contribution in [2.24, 2.45) is 5.92 Å². The van der Waals surface area contributed by atoms with Gasteiger partial charge in [0, 0.05) is 29.2 Å². The van der Waals surface area contributed by atoms with Crippen molar-refractivity contribution >= 4 is 5.97 Å². The Morgan fingerprint density at radius 2 is 1.32 bits per heavy atom. The summed E-state index contributed by atoms with van der Waals surface area (Å²) in [4.78, 5) is 15.2. The predicted octanol–water partition coefficient (Wildman–Crippen LogP) is 4.44. The predicted molar refractivity (Wildman–Crippen MR) is 123 cm³/mol. The van der Waals surface area contributed by atoms with Crippen LogP contribution in [0.5, 0.6) is 0 Å². The van der Waals surface area contributed by atoms with Crippen LogP contribution in [0.3, 0.4) is 0 Å². The van der Waals surface area contributed by atoms with Gasteiger partial charge in [0.05, 0.1) is 5.92 Å². The van der Waals surface area contributed by atoms with Crippen LogP contribution in [-0.4, -0.2) is 16.1 Å². The monoisotopic (exact) mass is 480 g/mol. The summed E-state index contributed by atoms with van der Waals surface area (Å²) in [6, 6.07) is 15.7. The zero-order valence-corrected chi connectivity index (χ0v) is 22.5. The third-order valence-corrected chi connectivity index (χ3v) is 5.15. The van der Waals surface area contributed by atoms with Crippen LogP contribution >= 0.6 is 0 Å². The smallest absolute Gasteiger partial charge is 1.00 e. The third kappa shape index (κ3) is 19.7. The van der Waals surface area contributed by atoms with Crippen LogP contribution in [0.15, 0.2) is 60.9 Å². The van der Waals surface area contributed by atoms with Gasteiger partial charge < -0.3 is 6.53 Å². The molecule has 0 fully saturated rings. The minimum absolute atomic E-state index is 0. The topological polar surface area (TPSA) is 50.2 Å². The van der Waals surface area contributed by atoms with E-state index < -0.39 is 5.97 Å². The number of hydrogen-bond donors (Lipinski definition) is 1. The normalized spacial score (nSPS) is 10.6. The van der Waals surface area contributed by atoms with Crippen molar-refractivity contribution in [2.45, 2.75) is 84.0 Å². The molecule has 5 heteroatoms.